The topological polar surface area (TPSA) is 103 Å². The fourth-order valence-electron chi connectivity index (χ4n) is 3.38. The fourth-order valence-corrected chi connectivity index (χ4v) is 4.42. The Morgan fingerprint density at radius 3 is 2.52 bits per heavy atom. The van der Waals surface area contributed by atoms with Crippen LogP contribution < -0.4 is 10.0 Å². The maximum absolute atomic E-state index is 12.3. The van der Waals surface area contributed by atoms with Gasteiger partial charge < -0.3 is 19.9 Å². The number of aliphatic imine (C=N–C) groups is 1. The Labute approximate surface area is 201 Å². The Morgan fingerprint density at radius 2 is 1.87 bits per heavy atom. The smallest absolute Gasteiger partial charge is 0.410 e. The van der Waals surface area contributed by atoms with Gasteiger partial charge >= 0.3 is 6.09 Å². The predicted octanol–water partition coefficient (Wildman–Crippen LogP) is 1.77. The molecule has 0 spiro atoms. The molecular weight excluding hydrogens is 533 g/mol. The maximum Gasteiger partial charge on any atom is 0.410 e. The van der Waals surface area contributed by atoms with Crippen molar-refractivity contribution in [3.63, 3.8) is 0 Å². The van der Waals surface area contributed by atoms with Crippen molar-refractivity contribution >= 4 is 46.1 Å². The van der Waals surface area contributed by atoms with Crippen LogP contribution in [-0.4, -0.2) is 81.2 Å². The van der Waals surface area contributed by atoms with Crippen LogP contribution in [0.25, 0.3) is 0 Å². The summed E-state index contributed by atoms with van der Waals surface area (Å²) >= 11 is 0. The first-order chi connectivity index (χ1) is 14.0. The van der Waals surface area contributed by atoms with Gasteiger partial charge in [-0.15, -0.1) is 24.0 Å². The van der Waals surface area contributed by atoms with Gasteiger partial charge in [-0.2, -0.15) is 0 Å². The van der Waals surface area contributed by atoms with Crippen LogP contribution in [0.3, 0.4) is 0 Å². The molecule has 1 amide bonds. The van der Waals surface area contributed by atoms with Crippen LogP contribution in [-0.2, 0) is 14.8 Å². The molecule has 0 saturated carbocycles. The van der Waals surface area contributed by atoms with Gasteiger partial charge in [0.2, 0.25) is 10.0 Å². The van der Waals surface area contributed by atoms with E-state index in [0.29, 0.717) is 32.7 Å². The molecule has 0 radical (unpaired) electrons. The molecule has 1 saturated heterocycles. The molecule has 11 heteroatoms. The first kappa shape index (κ1) is 25.7. The second-order valence-corrected chi connectivity index (χ2v) is 10.3. The molecule has 0 aromatic heterocycles. The van der Waals surface area contributed by atoms with Gasteiger partial charge in [-0.3, -0.25) is 4.99 Å². The van der Waals surface area contributed by atoms with Crippen molar-refractivity contribution in [3.05, 3.63) is 29.8 Å². The third-order valence-corrected chi connectivity index (χ3v) is 6.37. The van der Waals surface area contributed by atoms with E-state index in [0.717, 1.165) is 11.5 Å². The molecule has 1 atom stereocenters. The number of fused-ring (bicyclic) bond motifs is 1. The standard InChI is InChI=1S/C20H31N5O4S.HI/c1-15-5-7-17(8-6-15)30(27,28)23-10-9-21-18-22-13-16-14-24(11-12-25(16)18)19(26)29-20(2,3)4;/h5-8,16,23H,9-14H2,1-4H3,(H,21,22);1H. The average molecular weight is 565 g/mol. The van der Waals surface area contributed by atoms with Gasteiger partial charge in [-0.25, -0.2) is 17.9 Å². The summed E-state index contributed by atoms with van der Waals surface area (Å²) in [5.74, 6) is 0.748. The molecule has 0 aliphatic carbocycles. The van der Waals surface area contributed by atoms with E-state index < -0.39 is 15.6 Å². The van der Waals surface area contributed by atoms with Crippen molar-refractivity contribution in [2.45, 2.75) is 44.2 Å². The monoisotopic (exact) mass is 565 g/mol. The van der Waals surface area contributed by atoms with E-state index in [-0.39, 0.29) is 47.6 Å². The number of aryl methyl sites for hydroxylation is 1. The van der Waals surface area contributed by atoms with E-state index in [4.69, 9.17) is 4.74 Å². The number of amides is 1. The Balaban J connectivity index is 0.00000341. The fraction of sp³-hybridized carbons (Fsp3) is 0.600. The van der Waals surface area contributed by atoms with Gasteiger partial charge in [-0.1, -0.05) is 17.7 Å². The number of halogens is 1. The minimum atomic E-state index is -3.53. The second-order valence-electron chi connectivity index (χ2n) is 8.58. The summed E-state index contributed by atoms with van der Waals surface area (Å²) in [6.07, 6.45) is -0.297. The summed E-state index contributed by atoms with van der Waals surface area (Å²) in [6, 6.07) is 6.86. The predicted molar refractivity (Wildman–Crippen MR) is 130 cm³/mol. The van der Waals surface area contributed by atoms with Gasteiger partial charge in [0.1, 0.15) is 5.60 Å². The van der Waals surface area contributed by atoms with E-state index in [1.165, 1.54) is 0 Å². The van der Waals surface area contributed by atoms with Crippen LogP contribution in [0.15, 0.2) is 34.2 Å². The van der Waals surface area contributed by atoms with E-state index in [2.05, 4.69) is 19.9 Å². The molecule has 174 valence electrons. The number of benzene rings is 1. The third-order valence-electron chi connectivity index (χ3n) is 4.89. The number of nitrogens with one attached hydrogen (secondary N) is 2. The molecular formula is C20H32IN5O4S. The highest BCUT2D eigenvalue weighted by Gasteiger charge is 2.36. The van der Waals surface area contributed by atoms with Crippen molar-refractivity contribution in [3.8, 4) is 0 Å². The Morgan fingerprint density at radius 1 is 1.19 bits per heavy atom. The number of guanidine groups is 1. The molecule has 31 heavy (non-hydrogen) atoms. The number of carbonyl (C=O) groups excluding carboxylic acids is 1. The van der Waals surface area contributed by atoms with Gasteiger partial charge in [0.05, 0.1) is 17.5 Å². The highest BCUT2D eigenvalue weighted by molar-refractivity contribution is 14.0. The largest absolute Gasteiger partial charge is 0.444 e. The van der Waals surface area contributed by atoms with Crippen molar-refractivity contribution in [1.29, 1.82) is 0 Å². The number of ether oxygens (including phenoxy) is 1. The van der Waals surface area contributed by atoms with Gasteiger partial charge in [0.25, 0.3) is 0 Å². The van der Waals surface area contributed by atoms with Gasteiger partial charge in [0.15, 0.2) is 5.96 Å². The third kappa shape index (κ3) is 6.94. The minimum absolute atomic E-state index is 0. The number of sulfonamides is 1. The zero-order chi connectivity index (χ0) is 21.9. The van der Waals surface area contributed by atoms with Crippen molar-refractivity contribution < 1.29 is 17.9 Å². The molecule has 2 heterocycles. The summed E-state index contributed by atoms with van der Waals surface area (Å²) in [5, 5.41) is 3.21. The lowest BCUT2D eigenvalue weighted by molar-refractivity contribution is 0.0137. The lowest BCUT2D eigenvalue weighted by Crippen LogP contribution is -2.57. The van der Waals surface area contributed by atoms with E-state index in [9.17, 15) is 13.2 Å². The molecule has 3 rings (SSSR count). The van der Waals surface area contributed by atoms with Gasteiger partial charge in [-0.05, 0) is 39.8 Å². The quantitative estimate of drug-likeness (QED) is 0.417. The summed E-state index contributed by atoms with van der Waals surface area (Å²) in [5.41, 5.74) is 0.495. The van der Waals surface area contributed by atoms with E-state index >= 15 is 0 Å². The van der Waals surface area contributed by atoms with Gasteiger partial charge in [0, 0.05) is 32.7 Å². The average Bonchev–Trinajstić information content (AvgIpc) is 3.06. The molecule has 1 fully saturated rings. The molecule has 1 aromatic carbocycles. The molecule has 2 N–H and O–H groups in total. The number of nitrogens with zero attached hydrogens (tertiary/aromatic N) is 3. The van der Waals surface area contributed by atoms with E-state index in [1.807, 2.05) is 27.7 Å². The van der Waals surface area contributed by atoms with Crippen LogP contribution in [0, 0.1) is 6.92 Å². The zero-order valence-electron chi connectivity index (χ0n) is 18.4. The van der Waals surface area contributed by atoms with E-state index in [1.54, 1.807) is 29.2 Å². The summed E-state index contributed by atoms with van der Waals surface area (Å²) in [7, 11) is -3.53. The maximum atomic E-state index is 12.3. The number of hydrogen-bond acceptors (Lipinski definition) is 7. The lowest BCUT2D eigenvalue weighted by atomic mass is 10.2. The highest BCUT2D eigenvalue weighted by Crippen LogP contribution is 2.18. The normalized spacial score (nSPS) is 18.7. The van der Waals surface area contributed by atoms with Crippen LogP contribution >= 0.6 is 24.0 Å². The number of carbonyl (C=O) groups is 1. The molecule has 0 bridgehead atoms. The molecule has 2 aliphatic rings. The number of piperazine rings is 1. The highest BCUT2D eigenvalue weighted by atomic mass is 127. The van der Waals surface area contributed by atoms with Crippen molar-refractivity contribution in [2.24, 2.45) is 4.99 Å². The summed E-state index contributed by atoms with van der Waals surface area (Å²) < 4.78 is 32.7. The van der Waals surface area contributed by atoms with Crippen molar-refractivity contribution in [1.82, 2.24) is 19.8 Å². The van der Waals surface area contributed by atoms with Crippen LogP contribution in [0.5, 0.6) is 0 Å². The van der Waals surface area contributed by atoms with Crippen LogP contribution in [0.1, 0.15) is 26.3 Å². The number of rotatable bonds is 5. The zero-order valence-corrected chi connectivity index (χ0v) is 21.6. The second kappa shape index (κ2) is 10.3. The SMILES string of the molecule is Cc1ccc(S(=O)(=O)NCCNC2=NCC3CN(C(=O)OC(C)(C)C)CCN23)cc1.I. The molecule has 9 nitrogen and oxygen atoms in total. The summed E-state index contributed by atoms with van der Waals surface area (Å²) in [4.78, 5) is 20.9. The van der Waals surface area contributed by atoms with Crippen LogP contribution in [0.4, 0.5) is 4.79 Å². The first-order valence-electron chi connectivity index (χ1n) is 10.1. The summed E-state index contributed by atoms with van der Waals surface area (Å²) in [6.45, 7) is 10.5. The lowest BCUT2D eigenvalue weighted by Gasteiger charge is -2.39. The number of hydrogen-bond donors (Lipinski definition) is 2. The van der Waals surface area contributed by atoms with Crippen molar-refractivity contribution in [2.75, 3.05) is 39.3 Å². The molecule has 1 aromatic rings. The first-order valence-corrected chi connectivity index (χ1v) is 11.6. The Kier molecular flexibility index (Phi) is 8.56. The Hall–Kier alpha value is -1.60. The molecule has 1 unspecified atom stereocenters. The minimum Gasteiger partial charge on any atom is -0.444 e. The molecule has 2 aliphatic heterocycles. The Bertz CT molecular complexity index is 899. The van der Waals surface area contributed by atoms with Crippen LogP contribution in [0.2, 0.25) is 0 Å².